The number of aromatic nitrogens is 3. The van der Waals surface area contributed by atoms with E-state index in [1.807, 2.05) is 24.3 Å². The van der Waals surface area contributed by atoms with E-state index >= 15 is 0 Å². The number of urea groups is 1. The predicted molar refractivity (Wildman–Crippen MR) is 89.8 cm³/mol. The van der Waals surface area contributed by atoms with Crippen LogP contribution in [0, 0.1) is 5.92 Å². The van der Waals surface area contributed by atoms with E-state index in [1.54, 1.807) is 11.0 Å². The van der Waals surface area contributed by atoms with Gasteiger partial charge in [-0.15, -0.1) is 0 Å². The maximum absolute atomic E-state index is 12.1. The Kier molecular flexibility index (Phi) is 5.75. The molecule has 128 valence electrons. The van der Waals surface area contributed by atoms with Gasteiger partial charge in [0.1, 0.15) is 12.7 Å². The van der Waals surface area contributed by atoms with Crippen molar-refractivity contribution in [2.45, 2.75) is 6.54 Å². The summed E-state index contributed by atoms with van der Waals surface area (Å²) in [7, 11) is 0. The molecule has 24 heavy (non-hydrogen) atoms. The quantitative estimate of drug-likeness (QED) is 0.750. The second-order valence-corrected chi connectivity index (χ2v) is 5.77. The van der Waals surface area contributed by atoms with Crippen molar-refractivity contribution in [1.29, 1.82) is 0 Å². The van der Waals surface area contributed by atoms with E-state index in [1.165, 1.54) is 6.33 Å². The van der Waals surface area contributed by atoms with E-state index in [0.717, 1.165) is 30.9 Å². The first-order valence-electron chi connectivity index (χ1n) is 8.04. The van der Waals surface area contributed by atoms with Crippen LogP contribution in [0.25, 0.3) is 0 Å². The van der Waals surface area contributed by atoms with Gasteiger partial charge in [-0.25, -0.2) is 14.5 Å². The third-order valence-electron chi connectivity index (χ3n) is 3.76. The number of nitrogens with zero attached hydrogens (tertiary/aromatic N) is 3. The largest absolute Gasteiger partial charge is 0.380 e. The number of nitrogens with one attached hydrogen (secondary N) is 3. The minimum Gasteiger partial charge on any atom is -0.380 e. The van der Waals surface area contributed by atoms with Crippen LogP contribution in [0.2, 0.25) is 0 Å². The Morgan fingerprint density at radius 1 is 1.46 bits per heavy atom. The van der Waals surface area contributed by atoms with Crippen molar-refractivity contribution < 1.29 is 9.53 Å². The van der Waals surface area contributed by atoms with Crippen LogP contribution in [0.3, 0.4) is 0 Å². The van der Waals surface area contributed by atoms with Gasteiger partial charge in [0.15, 0.2) is 0 Å². The standard InChI is InChI=1S/C16H22N6O2/c23-16(19-8-14-7-17-4-5-24-10-14)21-15-3-1-2-13(6-15)9-22-12-18-11-20-22/h1-3,6,11-12,14,17H,4-5,7-10H2,(H2,19,21,23)/t14-/m0/s1. The zero-order valence-corrected chi connectivity index (χ0v) is 13.4. The molecule has 0 bridgehead atoms. The predicted octanol–water partition coefficient (Wildman–Crippen LogP) is 0.684. The highest BCUT2D eigenvalue weighted by atomic mass is 16.5. The molecule has 1 fully saturated rings. The number of carbonyl (C=O) groups excluding carboxylic acids is 1. The van der Waals surface area contributed by atoms with Gasteiger partial charge in [-0.2, -0.15) is 5.10 Å². The summed E-state index contributed by atoms with van der Waals surface area (Å²) in [6, 6.07) is 7.47. The van der Waals surface area contributed by atoms with E-state index in [4.69, 9.17) is 4.74 Å². The molecular formula is C16H22N6O2. The number of hydrogen-bond donors (Lipinski definition) is 3. The minimum absolute atomic E-state index is 0.211. The first-order chi connectivity index (χ1) is 11.8. The number of ether oxygens (including phenoxy) is 1. The van der Waals surface area contributed by atoms with E-state index < -0.39 is 0 Å². The summed E-state index contributed by atoms with van der Waals surface area (Å²) in [6.07, 6.45) is 3.16. The number of hydrogen-bond acceptors (Lipinski definition) is 5. The Morgan fingerprint density at radius 3 is 3.29 bits per heavy atom. The van der Waals surface area contributed by atoms with Gasteiger partial charge in [0.2, 0.25) is 0 Å². The number of benzene rings is 1. The summed E-state index contributed by atoms with van der Waals surface area (Å²) in [6.45, 7) is 4.30. The van der Waals surface area contributed by atoms with Crippen LogP contribution in [0.15, 0.2) is 36.9 Å². The van der Waals surface area contributed by atoms with Crippen LogP contribution in [0.5, 0.6) is 0 Å². The molecule has 1 aliphatic rings. The Balaban J connectivity index is 1.48. The molecular weight excluding hydrogens is 308 g/mol. The highest BCUT2D eigenvalue weighted by Gasteiger charge is 2.13. The summed E-state index contributed by atoms with van der Waals surface area (Å²) in [4.78, 5) is 16.0. The lowest BCUT2D eigenvalue weighted by Crippen LogP contribution is -2.37. The maximum atomic E-state index is 12.1. The summed E-state index contributed by atoms with van der Waals surface area (Å²) >= 11 is 0. The smallest absolute Gasteiger partial charge is 0.319 e. The molecule has 0 saturated carbocycles. The van der Waals surface area contributed by atoms with Crippen LogP contribution >= 0.6 is 0 Å². The second-order valence-electron chi connectivity index (χ2n) is 5.77. The normalized spacial score (nSPS) is 17.9. The molecule has 0 aliphatic carbocycles. The molecule has 2 heterocycles. The molecule has 3 rings (SSSR count). The molecule has 0 radical (unpaired) electrons. The van der Waals surface area contributed by atoms with Crippen molar-refractivity contribution in [3.63, 3.8) is 0 Å². The van der Waals surface area contributed by atoms with Crippen molar-refractivity contribution in [2.75, 3.05) is 38.2 Å². The molecule has 2 aromatic rings. The summed E-state index contributed by atoms with van der Waals surface area (Å²) in [5.74, 6) is 0.289. The zero-order chi connectivity index (χ0) is 16.6. The Bertz CT molecular complexity index is 638. The topological polar surface area (TPSA) is 93.1 Å². The summed E-state index contributed by atoms with van der Waals surface area (Å²) < 4.78 is 7.21. The highest BCUT2D eigenvalue weighted by molar-refractivity contribution is 5.89. The van der Waals surface area contributed by atoms with E-state index in [2.05, 4.69) is 26.0 Å². The molecule has 8 heteroatoms. The molecule has 1 saturated heterocycles. The van der Waals surface area contributed by atoms with Gasteiger partial charge in [0, 0.05) is 31.2 Å². The van der Waals surface area contributed by atoms with E-state index in [0.29, 0.717) is 19.7 Å². The van der Waals surface area contributed by atoms with Crippen molar-refractivity contribution >= 4 is 11.7 Å². The third kappa shape index (κ3) is 5.04. The first-order valence-corrected chi connectivity index (χ1v) is 8.04. The fourth-order valence-corrected chi connectivity index (χ4v) is 2.55. The van der Waals surface area contributed by atoms with E-state index in [-0.39, 0.29) is 11.9 Å². The van der Waals surface area contributed by atoms with Gasteiger partial charge < -0.3 is 20.7 Å². The SMILES string of the molecule is O=C(NC[C@@H]1CNCCOC1)Nc1cccc(Cn2cncn2)c1. The van der Waals surface area contributed by atoms with Crippen molar-refractivity contribution in [3.8, 4) is 0 Å². The molecule has 8 nitrogen and oxygen atoms in total. The fourth-order valence-electron chi connectivity index (χ4n) is 2.55. The molecule has 1 aromatic heterocycles. The van der Waals surface area contributed by atoms with Gasteiger partial charge >= 0.3 is 6.03 Å². The fraction of sp³-hybridized carbons (Fsp3) is 0.438. The average Bonchev–Trinajstić information content (AvgIpc) is 2.94. The van der Waals surface area contributed by atoms with Gasteiger partial charge in [0.05, 0.1) is 19.8 Å². The number of carbonyl (C=O) groups is 1. The highest BCUT2D eigenvalue weighted by Crippen LogP contribution is 2.11. The molecule has 0 unspecified atom stereocenters. The molecule has 2 amide bonds. The van der Waals surface area contributed by atoms with Gasteiger partial charge in [-0.05, 0) is 17.7 Å². The van der Waals surface area contributed by atoms with Gasteiger partial charge in [0.25, 0.3) is 0 Å². The van der Waals surface area contributed by atoms with Crippen molar-refractivity contribution in [2.24, 2.45) is 5.92 Å². The van der Waals surface area contributed by atoms with Crippen LogP contribution in [-0.4, -0.2) is 53.6 Å². The van der Waals surface area contributed by atoms with Crippen LogP contribution in [0.4, 0.5) is 10.5 Å². The Labute approximate surface area is 140 Å². The van der Waals surface area contributed by atoms with Crippen molar-refractivity contribution in [3.05, 3.63) is 42.5 Å². The lowest BCUT2D eigenvalue weighted by Gasteiger charge is -2.15. The Hall–Kier alpha value is -2.45. The summed E-state index contributed by atoms with van der Waals surface area (Å²) in [5, 5.41) is 13.1. The van der Waals surface area contributed by atoms with Gasteiger partial charge in [-0.3, -0.25) is 0 Å². The Morgan fingerprint density at radius 2 is 2.42 bits per heavy atom. The van der Waals surface area contributed by atoms with Crippen LogP contribution in [-0.2, 0) is 11.3 Å². The van der Waals surface area contributed by atoms with Gasteiger partial charge in [-0.1, -0.05) is 12.1 Å². The van der Waals surface area contributed by atoms with E-state index in [9.17, 15) is 4.79 Å². The lowest BCUT2D eigenvalue weighted by molar-refractivity contribution is 0.123. The lowest BCUT2D eigenvalue weighted by atomic mass is 10.1. The second kappa shape index (κ2) is 8.42. The number of rotatable bonds is 5. The first kappa shape index (κ1) is 16.4. The third-order valence-corrected chi connectivity index (χ3v) is 3.76. The molecule has 1 atom stereocenters. The monoisotopic (exact) mass is 330 g/mol. The molecule has 0 spiro atoms. The number of amides is 2. The molecule has 1 aromatic carbocycles. The minimum atomic E-state index is -0.211. The summed E-state index contributed by atoms with van der Waals surface area (Å²) in [5.41, 5.74) is 1.79. The molecule has 3 N–H and O–H groups in total. The average molecular weight is 330 g/mol. The molecule has 1 aliphatic heterocycles. The maximum Gasteiger partial charge on any atom is 0.319 e. The van der Waals surface area contributed by atoms with Crippen molar-refractivity contribution in [1.82, 2.24) is 25.4 Å². The van der Waals surface area contributed by atoms with Crippen LogP contribution in [0.1, 0.15) is 5.56 Å². The zero-order valence-electron chi connectivity index (χ0n) is 13.4. The van der Waals surface area contributed by atoms with Crippen LogP contribution < -0.4 is 16.0 Å². The number of anilines is 1.